The molecule has 0 radical (unpaired) electrons. The van der Waals surface area contributed by atoms with Gasteiger partial charge in [-0.05, 0) is 48.9 Å². The highest BCUT2D eigenvalue weighted by Gasteiger charge is 2.17. The Labute approximate surface area is 159 Å². The summed E-state index contributed by atoms with van der Waals surface area (Å²) in [5.41, 5.74) is 3.88. The number of aryl methyl sites for hydroxylation is 1. The number of hydrogen-bond acceptors (Lipinski definition) is 4. The van der Waals surface area contributed by atoms with Crippen LogP contribution in [-0.2, 0) is 11.3 Å². The highest BCUT2D eigenvalue weighted by atomic mass is 79.9. The van der Waals surface area contributed by atoms with Crippen LogP contribution in [0.4, 0.5) is 16.5 Å². The lowest BCUT2D eigenvalue weighted by Gasteiger charge is -2.18. The number of amides is 1. The zero-order chi connectivity index (χ0) is 17.8. The number of halogens is 1. The molecule has 0 saturated carbocycles. The molecular weight excluding hydrogens is 398 g/mol. The third kappa shape index (κ3) is 4.46. The average Bonchev–Trinajstić information content (AvgIpc) is 3.03. The summed E-state index contributed by atoms with van der Waals surface area (Å²) in [7, 11) is 0. The summed E-state index contributed by atoms with van der Waals surface area (Å²) in [5, 5.41) is 6.00. The number of nitrogens with zero attached hydrogens (tertiary/aromatic N) is 2. The van der Waals surface area contributed by atoms with E-state index in [1.54, 1.807) is 11.8 Å². The number of thiazole rings is 1. The molecule has 2 aromatic carbocycles. The van der Waals surface area contributed by atoms with Gasteiger partial charge in [0.2, 0.25) is 5.91 Å². The van der Waals surface area contributed by atoms with Gasteiger partial charge in [-0.25, -0.2) is 4.98 Å². The summed E-state index contributed by atoms with van der Waals surface area (Å²) in [6, 6.07) is 15.9. The van der Waals surface area contributed by atoms with E-state index in [2.05, 4.69) is 26.2 Å². The second kappa shape index (κ2) is 7.80. The predicted octanol–water partition coefficient (Wildman–Crippen LogP) is 5.51. The molecule has 0 bridgehead atoms. The molecule has 6 heteroatoms. The molecule has 3 aromatic rings. The summed E-state index contributed by atoms with van der Waals surface area (Å²) in [5.74, 6) is -0.0487. The van der Waals surface area contributed by atoms with E-state index in [0.29, 0.717) is 11.7 Å². The molecule has 0 fully saturated rings. The summed E-state index contributed by atoms with van der Waals surface area (Å²) < 4.78 is 1.05. The minimum atomic E-state index is -0.0487. The van der Waals surface area contributed by atoms with Crippen molar-refractivity contribution in [1.82, 2.24) is 4.98 Å². The normalized spacial score (nSPS) is 10.5. The molecule has 0 unspecified atom stereocenters. The van der Waals surface area contributed by atoms with E-state index in [4.69, 9.17) is 0 Å². The smallest absolute Gasteiger partial charge is 0.230 e. The molecule has 1 aromatic heterocycles. The third-order valence-corrected chi connectivity index (χ3v) is 5.03. The number of benzene rings is 2. The first-order valence-electron chi connectivity index (χ1n) is 7.84. The fraction of sp³-hybridized carbons (Fsp3) is 0.158. The van der Waals surface area contributed by atoms with Crippen LogP contribution < -0.4 is 10.2 Å². The number of carbonyl (C=O) groups excluding carboxylic acids is 1. The number of hydrogen-bond donors (Lipinski definition) is 1. The molecule has 0 spiro atoms. The topological polar surface area (TPSA) is 45.2 Å². The van der Waals surface area contributed by atoms with E-state index < -0.39 is 0 Å². The van der Waals surface area contributed by atoms with Gasteiger partial charge in [0.25, 0.3) is 0 Å². The minimum absolute atomic E-state index is 0.0487. The van der Waals surface area contributed by atoms with E-state index in [0.717, 1.165) is 27.1 Å². The average molecular weight is 416 g/mol. The van der Waals surface area contributed by atoms with Crippen molar-refractivity contribution in [2.45, 2.75) is 20.4 Å². The molecule has 0 saturated heterocycles. The quantitative estimate of drug-likeness (QED) is 0.597. The molecule has 25 heavy (non-hydrogen) atoms. The van der Waals surface area contributed by atoms with Crippen molar-refractivity contribution in [2.24, 2.45) is 0 Å². The molecule has 1 N–H and O–H groups in total. The van der Waals surface area contributed by atoms with E-state index in [1.165, 1.54) is 11.3 Å². The Morgan fingerprint density at radius 3 is 2.68 bits per heavy atom. The maximum atomic E-state index is 12.1. The Morgan fingerprint density at radius 2 is 2.00 bits per heavy atom. The molecule has 4 nitrogen and oxygen atoms in total. The Morgan fingerprint density at radius 1 is 1.24 bits per heavy atom. The fourth-order valence-electron chi connectivity index (χ4n) is 2.43. The number of carbonyl (C=O) groups is 1. The molecule has 1 amide bonds. The van der Waals surface area contributed by atoms with Crippen molar-refractivity contribution < 1.29 is 4.79 Å². The number of rotatable bonds is 5. The van der Waals surface area contributed by atoms with Gasteiger partial charge in [-0.2, -0.15) is 0 Å². The number of aromatic nitrogens is 1. The third-order valence-electron chi connectivity index (χ3n) is 3.62. The lowest BCUT2D eigenvalue weighted by atomic mass is 10.2. The molecule has 0 aliphatic carbocycles. The number of nitrogens with one attached hydrogen (secondary N) is 1. The highest BCUT2D eigenvalue weighted by molar-refractivity contribution is 9.10. The van der Waals surface area contributed by atoms with Gasteiger partial charge in [0.1, 0.15) is 0 Å². The standard InChI is InChI=1S/C19H18BrN3OS/c1-13-4-3-5-18(10-13)23(14(2)24)19-22-17(12-25-19)11-21-16-8-6-15(20)7-9-16/h3-10,12,21H,11H2,1-2H3. The summed E-state index contributed by atoms with van der Waals surface area (Å²) in [6.45, 7) is 4.18. The van der Waals surface area contributed by atoms with E-state index in [-0.39, 0.29) is 5.91 Å². The van der Waals surface area contributed by atoms with Gasteiger partial charge in [-0.15, -0.1) is 11.3 Å². The van der Waals surface area contributed by atoms with Crippen molar-refractivity contribution in [3.63, 3.8) is 0 Å². The molecular formula is C19H18BrN3OS. The maximum Gasteiger partial charge on any atom is 0.230 e. The minimum Gasteiger partial charge on any atom is -0.379 e. The van der Waals surface area contributed by atoms with Crippen LogP contribution in [0.3, 0.4) is 0 Å². The van der Waals surface area contributed by atoms with Crippen LogP contribution in [0, 0.1) is 6.92 Å². The van der Waals surface area contributed by atoms with E-state index in [1.807, 2.05) is 60.8 Å². The molecule has 0 aliphatic heterocycles. The Kier molecular flexibility index (Phi) is 5.50. The SMILES string of the molecule is CC(=O)N(c1cccc(C)c1)c1nc(CNc2ccc(Br)cc2)cs1. The maximum absolute atomic E-state index is 12.1. The molecule has 0 aliphatic rings. The van der Waals surface area contributed by atoms with Gasteiger partial charge in [0.15, 0.2) is 5.13 Å². The summed E-state index contributed by atoms with van der Waals surface area (Å²) in [4.78, 5) is 18.4. The van der Waals surface area contributed by atoms with Crippen LogP contribution in [0.25, 0.3) is 0 Å². The molecule has 0 atom stereocenters. The highest BCUT2D eigenvalue weighted by Crippen LogP contribution is 2.29. The second-order valence-corrected chi connectivity index (χ2v) is 7.43. The summed E-state index contributed by atoms with van der Waals surface area (Å²) >= 11 is 4.90. The fourth-order valence-corrected chi connectivity index (χ4v) is 3.59. The van der Waals surface area contributed by atoms with Gasteiger partial charge in [-0.3, -0.25) is 9.69 Å². The van der Waals surface area contributed by atoms with Crippen molar-refractivity contribution in [2.75, 3.05) is 10.2 Å². The van der Waals surface area contributed by atoms with Gasteiger partial charge in [-0.1, -0.05) is 28.1 Å². The molecule has 1 heterocycles. The van der Waals surface area contributed by atoms with E-state index >= 15 is 0 Å². The molecule has 3 rings (SSSR count). The summed E-state index contributed by atoms with van der Waals surface area (Å²) in [6.07, 6.45) is 0. The van der Waals surface area contributed by atoms with Gasteiger partial charge in [0.05, 0.1) is 17.9 Å². The van der Waals surface area contributed by atoms with Crippen LogP contribution in [-0.4, -0.2) is 10.9 Å². The van der Waals surface area contributed by atoms with Crippen LogP contribution in [0.5, 0.6) is 0 Å². The predicted molar refractivity (Wildman–Crippen MR) is 108 cm³/mol. The lowest BCUT2D eigenvalue weighted by Crippen LogP contribution is -2.22. The van der Waals surface area contributed by atoms with Crippen molar-refractivity contribution >= 4 is 49.7 Å². The van der Waals surface area contributed by atoms with Crippen LogP contribution >= 0.6 is 27.3 Å². The zero-order valence-electron chi connectivity index (χ0n) is 14.0. The lowest BCUT2D eigenvalue weighted by molar-refractivity contribution is -0.115. The van der Waals surface area contributed by atoms with Crippen molar-refractivity contribution in [3.05, 3.63) is 69.6 Å². The molecule has 128 valence electrons. The Bertz CT molecular complexity index is 876. The largest absolute Gasteiger partial charge is 0.379 e. The monoisotopic (exact) mass is 415 g/mol. The Balaban J connectivity index is 1.76. The van der Waals surface area contributed by atoms with Gasteiger partial charge >= 0.3 is 0 Å². The second-order valence-electron chi connectivity index (χ2n) is 5.68. The van der Waals surface area contributed by atoms with Crippen molar-refractivity contribution in [1.29, 1.82) is 0 Å². The first-order valence-corrected chi connectivity index (χ1v) is 9.51. The van der Waals surface area contributed by atoms with Crippen molar-refractivity contribution in [3.8, 4) is 0 Å². The number of anilines is 3. The zero-order valence-corrected chi connectivity index (χ0v) is 16.4. The van der Waals surface area contributed by atoms with Crippen LogP contribution in [0.2, 0.25) is 0 Å². The first-order chi connectivity index (χ1) is 12.0. The Hall–Kier alpha value is -2.18. The van der Waals surface area contributed by atoms with Crippen LogP contribution in [0.15, 0.2) is 58.4 Å². The first kappa shape index (κ1) is 17.6. The van der Waals surface area contributed by atoms with Crippen LogP contribution in [0.1, 0.15) is 18.2 Å². The van der Waals surface area contributed by atoms with Gasteiger partial charge < -0.3 is 5.32 Å². The van der Waals surface area contributed by atoms with E-state index in [9.17, 15) is 4.79 Å². The van der Waals surface area contributed by atoms with Gasteiger partial charge in [0, 0.05) is 22.5 Å².